The van der Waals surface area contributed by atoms with Gasteiger partial charge in [0.15, 0.2) is 0 Å². The van der Waals surface area contributed by atoms with E-state index in [4.69, 9.17) is 0 Å². The molecule has 0 heterocycles. The van der Waals surface area contributed by atoms with Crippen LogP contribution >= 0.6 is 0 Å². The minimum absolute atomic E-state index is 0.0254. The van der Waals surface area contributed by atoms with E-state index in [1.165, 1.54) is 0 Å². The van der Waals surface area contributed by atoms with Crippen molar-refractivity contribution in [2.45, 2.75) is 52.1 Å². The molecule has 0 aliphatic carbocycles. The number of nitrogens with zero attached hydrogens (tertiary/aromatic N) is 1. The molecule has 0 bridgehead atoms. The molecule has 0 spiro atoms. The van der Waals surface area contributed by atoms with Gasteiger partial charge in [-0.25, -0.2) is 0 Å². The number of hydrogen-bond acceptors (Lipinski definition) is 2. The Kier molecular flexibility index (Phi) is 8.56. The quantitative estimate of drug-likeness (QED) is 0.647. The van der Waals surface area contributed by atoms with Crippen LogP contribution in [0.5, 0.6) is 0 Å². The van der Waals surface area contributed by atoms with Crippen LogP contribution in [0.2, 0.25) is 0 Å². The van der Waals surface area contributed by atoms with Crippen molar-refractivity contribution in [3.05, 3.63) is 71.8 Å². The molecule has 144 valence electrons. The minimum Gasteiger partial charge on any atom is -0.354 e. The number of carbonyl (C=O) groups is 2. The molecule has 1 N–H and O–H groups in total. The fourth-order valence-electron chi connectivity index (χ4n) is 3.08. The van der Waals surface area contributed by atoms with Gasteiger partial charge in [-0.1, -0.05) is 80.9 Å². The summed E-state index contributed by atoms with van der Waals surface area (Å²) in [6, 6.07) is 19.1. The molecule has 0 radical (unpaired) electrons. The van der Waals surface area contributed by atoms with Gasteiger partial charge >= 0.3 is 0 Å². The molecule has 27 heavy (non-hydrogen) atoms. The van der Waals surface area contributed by atoms with Gasteiger partial charge < -0.3 is 10.2 Å². The van der Waals surface area contributed by atoms with Gasteiger partial charge in [0.05, 0.1) is 6.42 Å². The summed E-state index contributed by atoms with van der Waals surface area (Å²) in [6.45, 7) is 5.14. The van der Waals surface area contributed by atoms with E-state index in [0.29, 0.717) is 25.9 Å². The van der Waals surface area contributed by atoms with Crippen LogP contribution in [0.3, 0.4) is 0 Å². The lowest BCUT2D eigenvalue weighted by molar-refractivity contribution is -0.140. The standard InChI is InChI=1S/C23H30N2O2/c1-3-5-16-24-23(27)21(4-2)25(18-20-14-10-7-11-15-20)22(26)17-19-12-8-6-9-13-19/h6-15,21H,3-5,16-18H2,1-2H3,(H,24,27). The normalized spacial score (nSPS) is 11.6. The van der Waals surface area contributed by atoms with Crippen molar-refractivity contribution in [3.63, 3.8) is 0 Å². The molecule has 0 aliphatic rings. The Bertz CT molecular complexity index is 701. The Labute approximate surface area is 162 Å². The van der Waals surface area contributed by atoms with Gasteiger partial charge in [-0.3, -0.25) is 9.59 Å². The number of benzene rings is 2. The van der Waals surface area contributed by atoms with E-state index >= 15 is 0 Å². The molecule has 1 unspecified atom stereocenters. The SMILES string of the molecule is CCCCNC(=O)C(CC)N(Cc1ccccc1)C(=O)Cc1ccccc1. The smallest absolute Gasteiger partial charge is 0.242 e. The topological polar surface area (TPSA) is 49.4 Å². The predicted molar refractivity (Wildman–Crippen MR) is 109 cm³/mol. The summed E-state index contributed by atoms with van der Waals surface area (Å²) in [5.74, 6) is -0.0918. The molecular weight excluding hydrogens is 336 g/mol. The Hall–Kier alpha value is -2.62. The molecule has 0 aliphatic heterocycles. The van der Waals surface area contributed by atoms with E-state index in [1.807, 2.05) is 67.6 Å². The lowest BCUT2D eigenvalue weighted by atomic mass is 10.1. The first-order chi connectivity index (χ1) is 13.2. The van der Waals surface area contributed by atoms with Crippen LogP contribution in [0.4, 0.5) is 0 Å². The molecule has 2 aromatic carbocycles. The lowest BCUT2D eigenvalue weighted by Crippen LogP contribution is -2.49. The predicted octanol–water partition coefficient (Wildman–Crippen LogP) is 3.95. The second kappa shape index (κ2) is 11.2. The first-order valence-corrected chi connectivity index (χ1v) is 9.80. The first-order valence-electron chi connectivity index (χ1n) is 9.80. The highest BCUT2D eigenvalue weighted by atomic mass is 16.2. The molecule has 2 amide bonds. The van der Waals surface area contributed by atoms with Crippen LogP contribution in [-0.2, 0) is 22.6 Å². The van der Waals surface area contributed by atoms with Crippen LogP contribution in [0.15, 0.2) is 60.7 Å². The molecule has 0 saturated carbocycles. The number of nitrogens with one attached hydrogen (secondary N) is 1. The summed E-state index contributed by atoms with van der Waals surface area (Å²) in [7, 11) is 0. The highest BCUT2D eigenvalue weighted by molar-refractivity contribution is 5.88. The zero-order valence-electron chi connectivity index (χ0n) is 16.4. The van der Waals surface area contributed by atoms with Gasteiger partial charge in [-0.2, -0.15) is 0 Å². The molecule has 1 atom stereocenters. The van der Waals surface area contributed by atoms with Gasteiger partial charge in [0.25, 0.3) is 0 Å². The third-order valence-electron chi connectivity index (χ3n) is 4.61. The van der Waals surface area contributed by atoms with Gasteiger partial charge in [-0.15, -0.1) is 0 Å². The Morgan fingerprint density at radius 3 is 2.07 bits per heavy atom. The Morgan fingerprint density at radius 2 is 1.52 bits per heavy atom. The number of unbranched alkanes of at least 4 members (excludes halogenated alkanes) is 1. The first kappa shape index (κ1) is 20.7. The lowest BCUT2D eigenvalue weighted by Gasteiger charge is -2.30. The van der Waals surface area contributed by atoms with Gasteiger partial charge in [0, 0.05) is 13.1 Å². The van der Waals surface area contributed by atoms with Crippen molar-refractivity contribution in [2.24, 2.45) is 0 Å². The van der Waals surface area contributed by atoms with Crippen molar-refractivity contribution in [3.8, 4) is 0 Å². The minimum atomic E-state index is -0.460. The second-order valence-corrected chi connectivity index (χ2v) is 6.74. The van der Waals surface area contributed by atoms with Gasteiger partial charge in [0.2, 0.25) is 11.8 Å². The van der Waals surface area contributed by atoms with Crippen molar-refractivity contribution in [1.82, 2.24) is 10.2 Å². The van der Waals surface area contributed by atoms with Crippen LogP contribution in [0, 0.1) is 0 Å². The number of amides is 2. The fourth-order valence-corrected chi connectivity index (χ4v) is 3.08. The summed E-state index contributed by atoms with van der Waals surface area (Å²) in [4.78, 5) is 27.6. The summed E-state index contributed by atoms with van der Waals surface area (Å²) in [5, 5.41) is 2.99. The van der Waals surface area contributed by atoms with Crippen LogP contribution in [0.25, 0.3) is 0 Å². The third-order valence-corrected chi connectivity index (χ3v) is 4.61. The van der Waals surface area contributed by atoms with Crippen LogP contribution in [0.1, 0.15) is 44.2 Å². The molecule has 4 heteroatoms. The van der Waals surface area contributed by atoms with E-state index in [-0.39, 0.29) is 11.8 Å². The molecule has 0 aromatic heterocycles. The molecular formula is C23H30N2O2. The average molecular weight is 367 g/mol. The second-order valence-electron chi connectivity index (χ2n) is 6.74. The van der Waals surface area contributed by atoms with Gasteiger partial charge in [-0.05, 0) is 24.0 Å². The van der Waals surface area contributed by atoms with Crippen LogP contribution in [-0.4, -0.2) is 29.3 Å². The largest absolute Gasteiger partial charge is 0.354 e. The van der Waals surface area contributed by atoms with Crippen molar-refractivity contribution < 1.29 is 9.59 Å². The monoisotopic (exact) mass is 366 g/mol. The maximum atomic E-state index is 13.1. The van der Waals surface area contributed by atoms with E-state index in [0.717, 1.165) is 24.0 Å². The highest BCUT2D eigenvalue weighted by Crippen LogP contribution is 2.14. The molecule has 2 rings (SSSR count). The van der Waals surface area contributed by atoms with Crippen LogP contribution < -0.4 is 5.32 Å². The van der Waals surface area contributed by atoms with Crippen molar-refractivity contribution in [2.75, 3.05) is 6.54 Å². The molecule has 0 fully saturated rings. The third kappa shape index (κ3) is 6.55. The highest BCUT2D eigenvalue weighted by Gasteiger charge is 2.28. The zero-order chi connectivity index (χ0) is 19.5. The fraction of sp³-hybridized carbons (Fsp3) is 0.391. The van der Waals surface area contributed by atoms with Crippen molar-refractivity contribution >= 4 is 11.8 Å². The van der Waals surface area contributed by atoms with E-state index < -0.39 is 6.04 Å². The van der Waals surface area contributed by atoms with Crippen molar-refractivity contribution in [1.29, 1.82) is 0 Å². The molecule has 2 aromatic rings. The number of hydrogen-bond donors (Lipinski definition) is 1. The number of rotatable bonds is 10. The summed E-state index contributed by atoms with van der Waals surface area (Å²) >= 11 is 0. The molecule has 4 nitrogen and oxygen atoms in total. The summed E-state index contributed by atoms with van der Waals surface area (Å²) < 4.78 is 0. The summed E-state index contributed by atoms with van der Waals surface area (Å²) in [5.41, 5.74) is 1.99. The maximum absolute atomic E-state index is 13.1. The van der Waals surface area contributed by atoms with E-state index in [2.05, 4.69) is 12.2 Å². The maximum Gasteiger partial charge on any atom is 0.242 e. The zero-order valence-corrected chi connectivity index (χ0v) is 16.4. The Balaban J connectivity index is 2.18. The number of carbonyl (C=O) groups excluding carboxylic acids is 2. The molecule has 0 saturated heterocycles. The Morgan fingerprint density at radius 1 is 0.926 bits per heavy atom. The van der Waals surface area contributed by atoms with E-state index in [9.17, 15) is 9.59 Å². The summed E-state index contributed by atoms with van der Waals surface area (Å²) in [6.07, 6.45) is 2.86. The van der Waals surface area contributed by atoms with Gasteiger partial charge in [0.1, 0.15) is 6.04 Å². The average Bonchev–Trinajstić information content (AvgIpc) is 2.69. The van der Waals surface area contributed by atoms with E-state index in [1.54, 1.807) is 4.90 Å².